The lowest BCUT2D eigenvalue weighted by molar-refractivity contribution is -0.0441. The van der Waals surface area contributed by atoms with Crippen LogP contribution in [0.1, 0.15) is 75.8 Å². The zero-order chi connectivity index (χ0) is 18.6. The number of hydrogen-bond acceptors (Lipinski definition) is 3. The van der Waals surface area contributed by atoms with E-state index >= 15 is 0 Å². The minimum atomic E-state index is -0.0916. The molecule has 1 aromatic carbocycles. The summed E-state index contributed by atoms with van der Waals surface area (Å²) in [7, 11) is 0. The number of benzene rings is 1. The Morgan fingerprint density at radius 3 is 2.85 bits per heavy atom. The van der Waals surface area contributed by atoms with Gasteiger partial charge in [-0.2, -0.15) is 0 Å². The van der Waals surface area contributed by atoms with Gasteiger partial charge < -0.3 is 9.84 Å². The number of ether oxygens (including phenoxy) is 1. The van der Waals surface area contributed by atoms with Crippen LogP contribution in [0.2, 0.25) is 0 Å². The van der Waals surface area contributed by atoms with E-state index in [1.54, 1.807) is 5.56 Å². The van der Waals surface area contributed by atoms with Gasteiger partial charge in [-0.25, -0.2) is 0 Å². The molecule has 27 heavy (non-hydrogen) atoms. The first kappa shape index (κ1) is 18.0. The first-order chi connectivity index (χ1) is 13.1. The SMILES string of the molecule is C[C@H]1C[C@]2(C)[C@@H](O)CC[C@H]2[C@@H]2CCc3cc(OC4CCCCN4)ccc3[C@H]21. The van der Waals surface area contributed by atoms with Gasteiger partial charge in [0.25, 0.3) is 0 Å². The summed E-state index contributed by atoms with van der Waals surface area (Å²) in [4.78, 5) is 0. The first-order valence-electron chi connectivity index (χ1n) is 11.3. The molecule has 1 heterocycles. The third kappa shape index (κ3) is 2.93. The second kappa shape index (κ2) is 6.77. The van der Waals surface area contributed by atoms with Crippen molar-refractivity contribution in [2.24, 2.45) is 23.2 Å². The molecule has 0 spiro atoms. The molecule has 2 N–H and O–H groups in total. The van der Waals surface area contributed by atoms with Gasteiger partial charge in [-0.3, -0.25) is 5.32 Å². The number of aryl methyl sites for hydroxylation is 1. The number of aliphatic hydroxyl groups is 1. The highest BCUT2D eigenvalue weighted by molar-refractivity contribution is 5.41. The fraction of sp³-hybridized carbons (Fsp3) is 0.750. The number of fused-ring (bicyclic) bond motifs is 5. The number of hydrogen-bond donors (Lipinski definition) is 2. The van der Waals surface area contributed by atoms with Crippen LogP contribution < -0.4 is 10.1 Å². The van der Waals surface area contributed by atoms with E-state index in [1.165, 1.54) is 44.1 Å². The van der Waals surface area contributed by atoms with E-state index in [9.17, 15) is 5.11 Å². The van der Waals surface area contributed by atoms with Gasteiger partial charge in [-0.15, -0.1) is 0 Å². The third-order valence-electron chi connectivity index (χ3n) is 8.48. The summed E-state index contributed by atoms with van der Waals surface area (Å²) in [5.41, 5.74) is 3.23. The zero-order valence-electron chi connectivity index (χ0n) is 16.9. The largest absolute Gasteiger partial charge is 0.475 e. The molecule has 0 aromatic heterocycles. The highest BCUT2D eigenvalue weighted by Gasteiger charge is 2.56. The molecule has 1 aliphatic heterocycles. The van der Waals surface area contributed by atoms with Crippen LogP contribution in [0.5, 0.6) is 5.75 Å². The Hall–Kier alpha value is -1.06. The predicted octanol–water partition coefficient (Wildman–Crippen LogP) is 4.63. The van der Waals surface area contributed by atoms with Crippen molar-refractivity contribution in [1.82, 2.24) is 5.32 Å². The van der Waals surface area contributed by atoms with Gasteiger partial charge in [0.15, 0.2) is 0 Å². The van der Waals surface area contributed by atoms with Gasteiger partial charge in [0.2, 0.25) is 0 Å². The molecule has 1 saturated heterocycles. The van der Waals surface area contributed by atoms with Crippen LogP contribution >= 0.6 is 0 Å². The van der Waals surface area contributed by atoms with Crippen molar-refractivity contribution in [3.63, 3.8) is 0 Å². The Labute approximate surface area is 163 Å². The van der Waals surface area contributed by atoms with Crippen molar-refractivity contribution in [2.45, 2.75) is 83.5 Å². The topological polar surface area (TPSA) is 41.5 Å². The van der Waals surface area contributed by atoms with E-state index < -0.39 is 0 Å². The van der Waals surface area contributed by atoms with E-state index in [1.807, 2.05) is 0 Å². The summed E-state index contributed by atoms with van der Waals surface area (Å²) in [6, 6.07) is 6.90. The quantitative estimate of drug-likeness (QED) is 0.799. The van der Waals surface area contributed by atoms with Crippen LogP contribution in [0.15, 0.2) is 18.2 Å². The third-order valence-corrected chi connectivity index (χ3v) is 8.48. The summed E-state index contributed by atoms with van der Waals surface area (Å²) in [5, 5.41) is 14.1. The molecule has 5 rings (SSSR count). The number of aliphatic hydroxyl groups excluding tert-OH is 1. The highest BCUT2D eigenvalue weighted by atomic mass is 16.5. The fourth-order valence-corrected chi connectivity index (χ4v) is 7.25. The zero-order valence-corrected chi connectivity index (χ0v) is 16.9. The summed E-state index contributed by atoms with van der Waals surface area (Å²) < 4.78 is 6.24. The van der Waals surface area contributed by atoms with Crippen LogP contribution in [0.25, 0.3) is 0 Å². The van der Waals surface area contributed by atoms with Gasteiger partial charge in [0.05, 0.1) is 6.10 Å². The van der Waals surface area contributed by atoms with E-state index in [0.717, 1.165) is 31.1 Å². The van der Waals surface area contributed by atoms with Crippen LogP contribution in [0.3, 0.4) is 0 Å². The smallest absolute Gasteiger partial charge is 0.150 e. The molecule has 3 nitrogen and oxygen atoms in total. The van der Waals surface area contributed by atoms with Gasteiger partial charge in [-0.1, -0.05) is 19.9 Å². The van der Waals surface area contributed by atoms with Gasteiger partial charge in [-0.05, 0) is 110 Å². The van der Waals surface area contributed by atoms with Crippen molar-refractivity contribution >= 4 is 0 Å². The van der Waals surface area contributed by atoms with Crippen molar-refractivity contribution in [3.05, 3.63) is 29.3 Å². The lowest BCUT2D eigenvalue weighted by Gasteiger charge is -2.53. The first-order valence-corrected chi connectivity index (χ1v) is 11.3. The van der Waals surface area contributed by atoms with Crippen LogP contribution in [0.4, 0.5) is 0 Å². The molecular formula is C24H35NO2. The van der Waals surface area contributed by atoms with E-state index in [-0.39, 0.29) is 17.7 Å². The maximum Gasteiger partial charge on any atom is 0.150 e. The van der Waals surface area contributed by atoms with Crippen LogP contribution in [0, 0.1) is 23.2 Å². The maximum atomic E-state index is 10.7. The summed E-state index contributed by atoms with van der Waals surface area (Å²) in [6.07, 6.45) is 9.57. The molecule has 1 unspecified atom stereocenters. The molecule has 7 atom stereocenters. The Kier molecular flexibility index (Phi) is 4.52. The molecule has 3 heteroatoms. The Balaban J connectivity index is 1.40. The van der Waals surface area contributed by atoms with Crippen LogP contribution in [-0.4, -0.2) is 24.0 Å². The van der Waals surface area contributed by atoms with Crippen LogP contribution in [-0.2, 0) is 6.42 Å². The van der Waals surface area contributed by atoms with Crippen molar-refractivity contribution in [2.75, 3.05) is 6.54 Å². The standard InChI is InChI=1S/C24H35NO2/c1-15-14-24(2)20(10-11-21(24)26)19-8-6-16-13-17(7-9-18(16)23(15)19)27-22-5-3-4-12-25-22/h7,9,13,15,19-23,25-26H,3-6,8,10-12,14H2,1-2H3/t15-,19-,20-,21-,22?,23+,24-/m0/s1. The molecule has 1 aromatic rings. The molecule has 0 radical (unpaired) electrons. The average Bonchev–Trinajstić information content (AvgIpc) is 2.96. The number of rotatable bonds is 2. The normalized spacial score (nSPS) is 43.5. The highest BCUT2D eigenvalue weighted by Crippen LogP contribution is 2.62. The molecule has 0 bridgehead atoms. The fourth-order valence-electron chi connectivity index (χ4n) is 7.25. The molecule has 2 saturated carbocycles. The van der Waals surface area contributed by atoms with E-state index in [0.29, 0.717) is 17.8 Å². The van der Waals surface area contributed by atoms with E-state index in [4.69, 9.17) is 4.74 Å². The van der Waals surface area contributed by atoms with E-state index in [2.05, 4.69) is 37.4 Å². The maximum absolute atomic E-state index is 10.7. The minimum Gasteiger partial charge on any atom is -0.475 e. The molecule has 4 aliphatic rings. The van der Waals surface area contributed by atoms with Crippen molar-refractivity contribution in [3.8, 4) is 5.75 Å². The lowest BCUT2D eigenvalue weighted by atomic mass is 9.52. The second-order valence-electron chi connectivity index (χ2n) is 10.0. The van der Waals surface area contributed by atoms with Gasteiger partial charge >= 0.3 is 0 Å². The molecule has 0 amide bonds. The molecule has 3 fully saturated rings. The Morgan fingerprint density at radius 2 is 2.04 bits per heavy atom. The molecule has 148 valence electrons. The predicted molar refractivity (Wildman–Crippen MR) is 108 cm³/mol. The van der Waals surface area contributed by atoms with Gasteiger partial charge in [0.1, 0.15) is 12.0 Å². The van der Waals surface area contributed by atoms with Crippen molar-refractivity contribution in [1.29, 1.82) is 0 Å². The summed E-state index contributed by atoms with van der Waals surface area (Å²) >= 11 is 0. The summed E-state index contributed by atoms with van der Waals surface area (Å²) in [6.45, 7) is 5.87. The van der Waals surface area contributed by atoms with Crippen molar-refractivity contribution < 1.29 is 9.84 Å². The van der Waals surface area contributed by atoms with Gasteiger partial charge in [0, 0.05) is 0 Å². The Bertz CT molecular complexity index is 698. The summed E-state index contributed by atoms with van der Waals surface area (Å²) in [5.74, 6) is 3.80. The number of nitrogens with one attached hydrogen (secondary N) is 1. The monoisotopic (exact) mass is 369 g/mol. The second-order valence-corrected chi connectivity index (χ2v) is 10.0. The minimum absolute atomic E-state index is 0.0916. The lowest BCUT2D eigenvalue weighted by Crippen LogP contribution is -2.47. The molecular weight excluding hydrogens is 334 g/mol. The number of piperidine rings is 1. The Morgan fingerprint density at radius 1 is 1.15 bits per heavy atom. The molecule has 3 aliphatic carbocycles. The average molecular weight is 370 g/mol.